The normalized spacial score (nSPS) is 26.4. The molecule has 1 amide bonds. The second kappa shape index (κ2) is 5.51. The van der Waals surface area contributed by atoms with E-state index in [1.54, 1.807) is 4.90 Å². The first kappa shape index (κ1) is 14.4. The molecule has 2 rings (SSSR count). The Morgan fingerprint density at radius 1 is 1.58 bits per heavy atom. The van der Waals surface area contributed by atoms with Crippen molar-refractivity contribution in [1.82, 2.24) is 4.90 Å². The van der Waals surface area contributed by atoms with Crippen molar-refractivity contribution in [2.75, 3.05) is 7.05 Å². The maximum Gasteiger partial charge on any atom is 0.230 e. The van der Waals surface area contributed by atoms with Crippen LogP contribution in [0.1, 0.15) is 31.7 Å². The fourth-order valence-electron chi connectivity index (χ4n) is 2.88. The quantitative estimate of drug-likeness (QED) is 0.925. The molecular formula is C15H21ClN2O. The summed E-state index contributed by atoms with van der Waals surface area (Å²) < 4.78 is 0. The van der Waals surface area contributed by atoms with Crippen LogP contribution in [0.5, 0.6) is 0 Å². The molecule has 2 N–H and O–H groups in total. The smallest absolute Gasteiger partial charge is 0.230 e. The van der Waals surface area contributed by atoms with E-state index in [2.05, 4.69) is 0 Å². The van der Waals surface area contributed by atoms with Gasteiger partial charge in [-0.3, -0.25) is 4.79 Å². The number of nitrogens with two attached hydrogens (primary N) is 1. The molecule has 3 nitrogen and oxygen atoms in total. The maximum atomic E-state index is 12.6. The summed E-state index contributed by atoms with van der Waals surface area (Å²) in [4.78, 5) is 14.3. The minimum atomic E-state index is -0.409. The van der Waals surface area contributed by atoms with E-state index in [0.717, 1.165) is 24.8 Å². The summed E-state index contributed by atoms with van der Waals surface area (Å²) in [6, 6.07) is 7.58. The molecule has 4 heteroatoms. The van der Waals surface area contributed by atoms with Gasteiger partial charge in [-0.25, -0.2) is 0 Å². The highest BCUT2D eigenvalue weighted by Gasteiger charge is 2.44. The molecule has 1 aromatic carbocycles. The molecule has 0 aromatic heterocycles. The van der Waals surface area contributed by atoms with E-state index in [4.69, 9.17) is 17.3 Å². The molecule has 0 bridgehead atoms. The van der Waals surface area contributed by atoms with Crippen molar-refractivity contribution in [2.45, 2.75) is 38.8 Å². The molecule has 0 radical (unpaired) electrons. The van der Waals surface area contributed by atoms with Gasteiger partial charge in [0.1, 0.15) is 0 Å². The van der Waals surface area contributed by atoms with Gasteiger partial charge in [0.2, 0.25) is 5.91 Å². The molecule has 1 saturated carbocycles. The van der Waals surface area contributed by atoms with Crippen molar-refractivity contribution in [1.29, 1.82) is 0 Å². The van der Waals surface area contributed by atoms with Crippen LogP contribution < -0.4 is 5.73 Å². The molecule has 0 aliphatic heterocycles. The van der Waals surface area contributed by atoms with Crippen molar-refractivity contribution < 1.29 is 4.79 Å². The summed E-state index contributed by atoms with van der Waals surface area (Å²) in [7, 11) is 1.83. The van der Waals surface area contributed by atoms with E-state index >= 15 is 0 Å². The number of hydrogen-bond donors (Lipinski definition) is 1. The molecular weight excluding hydrogens is 260 g/mol. The average Bonchev–Trinajstić information content (AvgIpc) is 2.70. The molecule has 2 unspecified atom stereocenters. The summed E-state index contributed by atoms with van der Waals surface area (Å²) in [5.41, 5.74) is 6.73. The van der Waals surface area contributed by atoms with E-state index < -0.39 is 5.41 Å². The van der Waals surface area contributed by atoms with Gasteiger partial charge >= 0.3 is 0 Å². The SMILES string of the molecule is CN(Cc1cccc(Cl)c1)C(=O)C1(C)CCCC1N. The highest BCUT2D eigenvalue weighted by molar-refractivity contribution is 6.30. The van der Waals surface area contributed by atoms with Crippen LogP contribution in [0.25, 0.3) is 0 Å². The molecule has 0 saturated heterocycles. The fourth-order valence-corrected chi connectivity index (χ4v) is 3.09. The maximum absolute atomic E-state index is 12.6. The molecule has 1 aromatic rings. The predicted octanol–water partition coefficient (Wildman–Crippen LogP) is 2.82. The predicted molar refractivity (Wildman–Crippen MR) is 77.9 cm³/mol. The van der Waals surface area contributed by atoms with Crippen LogP contribution >= 0.6 is 11.6 Å². The Labute approximate surface area is 119 Å². The zero-order valence-corrected chi connectivity index (χ0v) is 12.3. The number of amides is 1. The third kappa shape index (κ3) is 2.93. The van der Waals surface area contributed by atoms with Crippen molar-refractivity contribution in [2.24, 2.45) is 11.1 Å². The van der Waals surface area contributed by atoms with Crippen molar-refractivity contribution in [3.8, 4) is 0 Å². The minimum Gasteiger partial charge on any atom is -0.341 e. The summed E-state index contributed by atoms with van der Waals surface area (Å²) in [6.07, 6.45) is 2.86. The summed E-state index contributed by atoms with van der Waals surface area (Å²) in [5, 5.41) is 0.696. The Morgan fingerprint density at radius 2 is 2.32 bits per heavy atom. The van der Waals surface area contributed by atoms with Gasteiger partial charge in [0.15, 0.2) is 0 Å². The van der Waals surface area contributed by atoms with Gasteiger partial charge in [0.05, 0.1) is 5.41 Å². The Morgan fingerprint density at radius 3 is 2.89 bits per heavy atom. The largest absolute Gasteiger partial charge is 0.341 e. The van der Waals surface area contributed by atoms with Crippen LogP contribution in [-0.4, -0.2) is 23.9 Å². The minimum absolute atomic E-state index is 0.0261. The highest BCUT2D eigenvalue weighted by Crippen LogP contribution is 2.38. The van der Waals surface area contributed by atoms with Gasteiger partial charge in [-0.1, -0.05) is 30.2 Å². The lowest BCUT2D eigenvalue weighted by Gasteiger charge is -2.32. The summed E-state index contributed by atoms with van der Waals surface area (Å²) in [6.45, 7) is 2.56. The number of benzene rings is 1. The van der Waals surface area contributed by atoms with Gasteiger partial charge in [0, 0.05) is 24.7 Å². The third-order valence-electron chi connectivity index (χ3n) is 4.17. The molecule has 0 spiro atoms. The first-order valence-electron chi connectivity index (χ1n) is 6.69. The van der Waals surface area contributed by atoms with Crippen LogP contribution in [0, 0.1) is 5.41 Å². The standard InChI is InChI=1S/C15H21ClN2O/c1-15(8-4-7-13(15)17)14(19)18(2)10-11-5-3-6-12(16)9-11/h3,5-6,9,13H,4,7-8,10,17H2,1-2H3. The first-order chi connectivity index (χ1) is 8.93. The Balaban J connectivity index is 2.07. The van der Waals surface area contributed by atoms with Crippen LogP contribution in [0.3, 0.4) is 0 Å². The fraction of sp³-hybridized carbons (Fsp3) is 0.533. The van der Waals surface area contributed by atoms with Crippen LogP contribution in [0.4, 0.5) is 0 Å². The second-order valence-electron chi connectivity index (χ2n) is 5.71. The molecule has 1 aliphatic rings. The molecule has 1 fully saturated rings. The number of nitrogens with zero attached hydrogens (tertiary/aromatic N) is 1. The van der Waals surface area contributed by atoms with Gasteiger partial charge in [-0.15, -0.1) is 0 Å². The highest BCUT2D eigenvalue weighted by atomic mass is 35.5. The van der Waals surface area contributed by atoms with Gasteiger partial charge in [-0.05, 0) is 37.5 Å². The van der Waals surface area contributed by atoms with Crippen LogP contribution in [0.15, 0.2) is 24.3 Å². The zero-order valence-electron chi connectivity index (χ0n) is 11.5. The van der Waals surface area contributed by atoms with Gasteiger partial charge in [-0.2, -0.15) is 0 Å². The van der Waals surface area contributed by atoms with Crippen LogP contribution in [-0.2, 0) is 11.3 Å². The van der Waals surface area contributed by atoms with Gasteiger partial charge < -0.3 is 10.6 Å². The van der Waals surface area contributed by atoms with E-state index in [0.29, 0.717) is 11.6 Å². The van der Waals surface area contributed by atoms with Crippen molar-refractivity contribution >= 4 is 17.5 Å². The molecule has 0 heterocycles. The molecule has 2 atom stereocenters. The first-order valence-corrected chi connectivity index (χ1v) is 7.07. The van der Waals surface area contributed by atoms with Crippen molar-refractivity contribution in [3.05, 3.63) is 34.9 Å². The van der Waals surface area contributed by atoms with Gasteiger partial charge in [0.25, 0.3) is 0 Å². The van der Waals surface area contributed by atoms with E-state index in [1.807, 2.05) is 38.2 Å². The average molecular weight is 281 g/mol. The molecule has 104 valence electrons. The summed E-state index contributed by atoms with van der Waals surface area (Å²) >= 11 is 5.96. The number of carbonyl (C=O) groups excluding carboxylic acids is 1. The monoisotopic (exact) mass is 280 g/mol. The third-order valence-corrected chi connectivity index (χ3v) is 4.41. The lowest BCUT2D eigenvalue weighted by Crippen LogP contribution is -2.47. The number of halogens is 1. The molecule has 1 aliphatic carbocycles. The van der Waals surface area contributed by atoms with Crippen LogP contribution in [0.2, 0.25) is 5.02 Å². The Bertz CT molecular complexity index is 477. The van der Waals surface area contributed by atoms with Crippen molar-refractivity contribution in [3.63, 3.8) is 0 Å². The topological polar surface area (TPSA) is 46.3 Å². The summed E-state index contributed by atoms with van der Waals surface area (Å²) in [5.74, 6) is 0.137. The zero-order chi connectivity index (χ0) is 14.0. The van der Waals surface area contributed by atoms with E-state index in [-0.39, 0.29) is 11.9 Å². The lowest BCUT2D eigenvalue weighted by molar-refractivity contribution is -0.140. The number of rotatable bonds is 3. The Kier molecular flexibility index (Phi) is 4.16. The molecule has 19 heavy (non-hydrogen) atoms. The second-order valence-corrected chi connectivity index (χ2v) is 6.14. The lowest BCUT2D eigenvalue weighted by atomic mass is 9.83. The Hall–Kier alpha value is -1.06. The number of hydrogen-bond acceptors (Lipinski definition) is 2. The van der Waals surface area contributed by atoms with E-state index in [1.165, 1.54) is 0 Å². The van der Waals surface area contributed by atoms with E-state index in [9.17, 15) is 4.79 Å². The number of carbonyl (C=O) groups is 1.